The van der Waals surface area contributed by atoms with Gasteiger partial charge in [-0.25, -0.2) is 4.39 Å². The zero-order valence-corrected chi connectivity index (χ0v) is 11.9. The zero-order chi connectivity index (χ0) is 14.9. The molecule has 4 nitrogen and oxygen atoms in total. The van der Waals surface area contributed by atoms with Crippen LogP contribution in [0.15, 0.2) is 18.2 Å². The molecule has 1 aromatic carbocycles. The summed E-state index contributed by atoms with van der Waals surface area (Å²) in [6.45, 7) is 5.66. The molecule has 1 heterocycles. The Balaban J connectivity index is 2.30. The maximum absolute atomic E-state index is 13.3. The number of hydrogen-bond acceptors (Lipinski definition) is 2. The summed E-state index contributed by atoms with van der Waals surface area (Å²) in [5, 5.41) is 2.67. The van der Waals surface area contributed by atoms with E-state index < -0.39 is 12.1 Å². The lowest BCUT2D eigenvalue weighted by molar-refractivity contribution is -0.149. The average Bonchev–Trinajstić information content (AvgIpc) is 2.40. The molecule has 1 aliphatic heterocycles. The Labute approximate surface area is 118 Å². The second-order valence-corrected chi connectivity index (χ2v) is 5.19. The van der Waals surface area contributed by atoms with Crippen LogP contribution in [-0.4, -0.2) is 28.8 Å². The Bertz CT molecular complexity index is 545. The quantitative estimate of drug-likeness (QED) is 0.916. The lowest BCUT2D eigenvalue weighted by Crippen LogP contribution is -2.61. The lowest BCUT2D eigenvalue weighted by atomic mass is 10.0. The summed E-state index contributed by atoms with van der Waals surface area (Å²) in [6.07, 6.45) is 0.540. The number of amides is 2. The normalized spacial score (nSPS) is 22.9. The Kier molecular flexibility index (Phi) is 4.06. The maximum Gasteiger partial charge on any atom is 0.245 e. The van der Waals surface area contributed by atoms with Crippen molar-refractivity contribution < 1.29 is 14.0 Å². The van der Waals surface area contributed by atoms with Gasteiger partial charge in [0.25, 0.3) is 0 Å². The SMILES string of the molecule is CCC1C(=O)NC(C)C(=O)N1Cc1cc(F)ccc1C. The van der Waals surface area contributed by atoms with Crippen LogP contribution in [0, 0.1) is 12.7 Å². The fourth-order valence-electron chi connectivity index (χ4n) is 2.50. The molecule has 2 unspecified atom stereocenters. The van der Waals surface area contributed by atoms with Gasteiger partial charge in [0.05, 0.1) is 0 Å². The highest BCUT2D eigenvalue weighted by atomic mass is 19.1. The summed E-state index contributed by atoms with van der Waals surface area (Å²) in [5.74, 6) is -0.602. The summed E-state index contributed by atoms with van der Waals surface area (Å²) in [6, 6.07) is 3.49. The van der Waals surface area contributed by atoms with Crippen molar-refractivity contribution in [3.8, 4) is 0 Å². The Morgan fingerprint density at radius 1 is 1.35 bits per heavy atom. The summed E-state index contributed by atoms with van der Waals surface area (Å²) in [4.78, 5) is 25.8. The first-order chi connectivity index (χ1) is 9.43. The van der Waals surface area contributed by atoms with E-state index in [4.69, 9.17) is 0 Å². The van der Waals surface area contributed by atoms with Gasteiger partial charge in [-0.1, -0.05) is 13.0 Å². The second-order valence-electron chi connectivity index (χ2n) is 5.19. The zero-order valence-electron chi connectivity index (χ0n) is 11.9. The molecule has 1 saturated heterocycles. The molecule has 2 amide bonds. The molecule has 1 aromatic rings. The molecule has 1 N–H and O–H groups in total. The van der Waals surface area contributed by atoms with E-state index in [9.17, 15) is 14.0 Å². The van der Waals surface area contributed by atoms with Crippen molar-refractivity contribution in [3.63, 3.8) is 0 Å². The Hall–Kier alpha value is -1.91. The van der Waals surface area contributed by atoms with E-state index in [1.807, 2.05) is 13.8 Å². The molecule has 1 aliphatic rings. The predicted molar refractivity (Wildman–Crippen MR) is 73.4 cm³/mol. The van der Waals surface area contributed by atoms with Gasteiger partial charge < -0.3 is 10.2 Å². The first kappa shape index (κ1) is 14.5. The van der Waals surface area contributed by atoms with Gasteiger partial charge in [0, 0.05) is 6.54 Å². The third-order valence-corrected chi connectivity index (χ3v) is 3.73. The number of benzene rings is 1. The minimum atomic E-state index is -0.529. The predicted octanol–water partition coefficient (Wildman–Crippen LogP) is 1.76. The number of carbonyl (C=O) groups excluding carboxylic acids is 2. The number of hydrogen-bond donors (Lipinski definition) is 1. The van der Waals surface area contributed by atoms with Crippen LogP contribution in [0.4, 0.5) is 4.39 Å². The molecular weight excluding hydrogens is 259 g/mol. The van der Waals surface area contributed by atoms with Crippen molar-refractivity contribution in [2.45, 2.75) is 45.8 Å². The number of nitrogens with zero attached hydrogens (tertiary/aromatic N) is 1. The first-order valence-corrected chi connectivity index (χ1v) is 6.80. The highest BCUT2D eigenvalue weighted by molar-refractivity contribution is 5.96. The van der Waals surface area contributed by atoms with E-state index in [1.54, 1.807) is 17.9 Å². The molecule has 0 bridgehead atoms. The van der Waals surface area contributed by atoms with E-state index in [-0.39, 0.29) is 24.2 Å². The molecule has 0 aromatic heterocycles. The molecule has 108 valence electrons. The molecule has 0 saturated carbocycles. The highest BCUT2D eigenvalue weighted by Crippen LogP contribution is 2.19. The van der Waals surface area contributed by atoms with E-state index in [0.717, 1.165) is 11.1 Å². The van der Waals surface area contributed by atoms with Gasteiger partial charge in [-0.15, -0.1) is 0 Å². The van der Waals surface area contributed by atoms with Crippen molar-refractivity contribution in [2.75, 3.05) is 0 Å². The average molecular weight is 278 g/mol. The summed E-state index contributed by atoms with van der Waals surface area (Å²) < 4.78 is 13.3. The summed E-state index contributed by atoms with van der Waals surface area (Å²) >= 11 is 0. The van der Waals surface area contributed by atoms with Crippen molar-refractivity contribution >= 4 is 11.8 Å². The number of aryl methyl sites for hydroxylation is 1. The van der Waals surface area contributed by atoms with Crippen LogP contribution in [0.3, 0.4) is 0 Å². The van der Waals surface area contributed by atoms with Crippen molar-refractivity contribution in [1.82, 2.24) is 10.2 Å². The van der Waals surface area contributed by atoms with Crippen molar-refractivity contribution in [1.29, 1.82) is 0 Å². The molecule has 2 atom stereocenters. The monoisotopic (exact) mass is 278 g/mol. The Morgan fingerprint density at radius 2 is 2.05 bits per heavy atom. The van der Waals surface area contributed by atoms with E-state index >= 15 is 0 Å². The molecule has 1 fully saturated rings. The van der Waals surface area contributed by atoms with E-state index in [0.29, 0.717) is 6.42 Å². The number of rotatable bonds is 3. The van der Waals surface area contributed by atoms with Crippen LogP contribution >= 0.6 is 0 Å². The van der Waals surface area contributed by atoms with E-state index in [2.05, 4.69) is 5.32 Å². The minimum absolute atomic E-state index is 0.125. The fourth-order valence-corrected chi connectivity index (χ4v) is 2.50. The number of carbonyl (C=O) groups is 2. The van der Waals surface area contributed by atoms with Gasteiger partial charge in [0.15, 0.2) is 0 Å². The van der Waals surface area contributed by atoms with Gasteiger partial charge in [-0.3, -0.25) is 9.59 Å². The van der Waals surface area contributed by atoms with Crippen LogP contribution in [-0.2, 0) is 16.1 Å². The molecule has 20 heavy (non-hydrogen) atoms. The standard InChI is InChI=1S/C15H19FN2O2/c1-4-13-14(19)17-10(3)15(20)18(13)8-11-7-12(16)6-5-9(11)2/h5-7,10,13H,4,8H2,1-3H3,(H,17,19). The van der Waals surface area contributed by atoms with Crippen molar-refractivity contribution in [2.24, 2.45) is 0 Å². The Morgan fingerprint density at radius 3 is 2.70 bits per heavy atom. The molecular formula is C15H19FN2O2. The largest absolute Gasteiger partial charge is 0.343 e. The van der Waals surface area contributed by atoms with Gasteiger partial charge in [-0.05, 0) is 43.5 Å². The molecule has 5 heteroatoms. The fraction of sp³-hybridized carbons (Fsp3) is 0.467. The van der Waals surface area contributed by atoms with Crippen LogP contribution in [0.1, 0.15) is 31.4 Å². The maximum atomic E-state index is 13.3. The molecule has 2 rings (SSSR count). The minimum Gasteiger partial charge on any atom is -0.343 e. The van der Waals surface area contributed by atoms with Gasteiger partial charge in [0.1, 0.15) is 17.9 Å². The smallest absolute Gasteiger partial charge is 0.245 e. The van der Waals surface area contributed by atoms with Gasteiger partial charge in [0.2, 0.25) is 11.8 Å². The third-order valence-electron chi connectivity index (χ3n) is 3.73. The lowest BCUT2D eigenvalue weighted by Gasteiger charge is -2.37. The molecule has 0 spiro atoms. The number of halogens is 1. The summed E-state index contributed by atoms with van der Waals surface area (Å²) in [7, 11) is 0. The van der Waals surface area contributed by atoms with Gasteiger partial charge >= 0.3 is 0 Å². The summed E-state index contributed by atoms with van der Waals surface area (Å²) in [5.41, 5.74) is 1.64. The van der Waals surface area contributed by atoms with Crippen LogP contribution in [0.2, 0.25) is 0 Å². The third kappa shape index (κ3) is 2.66. The number of piperazine rings is 1. The number of nitrogens with one attached hydrogen (secondary N) is 1. The van der Waals surface area contributed by atoms with Crippen molar-refractivity contribution in [3.05, 3.63) is 35.1 Å². The molecule has 0 aliphatic carbocycles. The van der Waals surface area contributed by atoms with Crippen LogP contribution < -0.4 is 5.32 Å². The van der Waals surface area contributed by atoms with Gasteiger partial charge in [-0.2, -0.15) is 0 Å². The second kappa shape index (κ2) is 5.61. The first-order valence-electron chi connectivity index (χ1n) is 6.80. The topological polar surface area (TPSA) is 49.4 Å². The van der Waals surface area contributed by atoms with Crippen LogP contribution in [0.25, 0.3) is 0 Å². The molecule has 0 radical (unpaired) electrons. The van der Waals surface area contributed by atoms with E-state index in [1.165, 1.54) is 12.1 Å². The van der Waals surface area contributed by atoms with Crippen LogP contribution in [0.5, 0.6) is 0 Å². The highest BCUT2D eigenvalue weighted by Gasteiger charge is 2.37.